The van der Waals surface area contributed by atoms with Crippen molar-refractivity contribution in [3.05, 3.63) is 64.7 Å². The number of amides is 1. The number of nitro benzene ring substituents is 1. The Bertz CT molecular complexity index is 992. The Labute approximate surface area is 177 Å². The van der Waals surface area contributed by atoms with Crippen molar-refractivity contribution in [3.63, 3.8) is 0 Å². The number of carbonyl (C=O) groups excluding carboxylic acids is 1. The number of para-hydroxylation sites is 1. The Morgan fingerprint density at radius 1 is 1.17 bits per heavy atom. The summed E-state index contributed by atoms with van der Waals surface area (Å²) in [7, 11) is 0. The molecule has 3 rings (SSSR count). The van der Waals surface area contributed by atoms with Crippen molar-refractivity contribution >= 4 is 23.4 Å². The van der Waals surface area contributed by atoms with E-state index in [4.69, 9.17) is 4.84 Å². The number of hydrogen-bond acceptors (Lipinski definition) is 7. The van der Waals surface area contributed by atoms with E-state index in [0.29, 0.717) is 36.2 Å². The van der Waals surface area contributed by atoms with Crippen LogP contribution in [0.25, 0.3) is 17.1 Å². The van der Waals surface area contributed by atoms with Crippen molar-refractivity contribution < 1.29 is 14.6 Å². The lowest BCUT2D eigenvalue weighted by molar-refractivity contribution is -0.384. The molecule has 0 atom stereocenters. The number of hydrogen-bond donors (Lipinski definition) is 1. The van der Waals surface area contributed by atoms with Crippen LogP contribution in [0.2, 0.25) is 0 Å². The maximum Gasteiger partial charge on any atom is 0.269 e. The van der Waals surface area contributed by atoms with Gasteiger partial charge in [0.15, 0.2) is 11.0 Å². The summed E-state index contributed by atoms with van der Waals surface area (Å²) in [6, 6.07) is 15.9. The number of aromatic nitrogens is 3. The zero-order valence-corrected chi connectivity index (χ0v) is 17.2. The molecule has 156 valence electrons. The normalized spacial score (nSPS) is 10.7. The fourth-order valence-corrected chi connectivity index (χ4v) is 3.58. The highest BCUT2D eigenvalue weighted by Gasteiger charge is 2.17. The summed E-state index contributed by atoms with van der Waals surface area (Å²) in [5, 5.41) is 20.2. The predicted molar refractivity (Wildman–Crippen MR) is 113 cm³/mol. The van der Waals surface area contributed by atoms with Crippen LogP contribution in [0.3, 0.4) is 0 Å². The monoisotopic (exact) mass is 427 g/mol. The average Bonchev–Trinajstić information content (AvgIpc) is 3.19. The van der Waals surface area contributed by atoms with Gasteiger partial charge in [0, 0.05) is 35.6 Å². The molecule has 0 spiro atoms. The fourth-order valence-electron chi connectivity index (χ4n) is 2.69. The number of carbonyl (C=O) groups is 1. The molecule has 1 amide bonds. The maximum absolute atomic E-state index is 11.6. The molecular weight excluding hydrogens is 406 g/mol. The lowest BCUT2D eigenvalue weighted by atomic mass is 10.2. The number of thioether (sulfide) groups is 1. The van der Waals surface area contributed by atoms with E-state index in [9.17, 15) is 14.9 Å². The molecule has 0 fully saturated rings. The summed E-state index contributed by atoms with van der Waals surface area (Å²) in [5.74, 6) is 1.10. The summed E-state index contributed by atoms with van der Waals surface area (Å²) in [5.41, 5.74) is 4.00. The molecule has 30 heavy (non-hydrogen) atoms. The summed E-state index contributed by atoms with van der Waals surface area (Å²) >= 11 is 1.49. The van der Waals surface area contributed by atoms with Gasteiger partial charge in [0.1, 0.15) is 0 Å². The van der Waals surface area contributed by atoms with Crippen molar-refractivity contribution in [2.24, 2.45) is 0 Å². The minimum absolute atomic E-state index is 0.0180. The molecule has 1 N–H and O–H groups in total. The van der Waals surface area contributed by atoms with E-state index in [2.05, 4.69) is 15.7 Å². The second kappa shape index (κ2) is 10.5. The first-order chi connectivity index (χ1) is 14.6. The molecule has 1 heterocycles. The molecule has 0 unspecified atom stereocenters. The highest BCUT2D eigenvalue weighted by Crippen LogP contribution is 2.29. The summed E-state index contributed by atoms with van der Waals surface area (Å²) in [4.78, 5) is 27.0. The molecule has 10 heteroatoms. The molecule has 0 aliphatic rings. The van der Waals surface area contributed by atoms with E-state index < -0.39 is 4.92 Å². The van der Waals surface area contributed by atoms with Gasteiger partial charge in [0.2, 0.25) is 5.91 Å². The quantitative estimate of drug-likeness (QED) is 0.227. The van der Waals surface area contributed by atoms with Gasteiger partial charge in [-0.25, -0.2) is 5.48 Å². The third kappa shape index (κ3) is 5.43. The van der Waals surface area contributed by atoms with Crippen LogP contribution in [0, 0.1) is 10.1 Å². The Morgan fingerprint density at radius 2 is 1.90 bits per heavy atom. The number of nitrogens with one attached hydrogen (secondary N) is 1. The first-order valence-corrected chi connectivity index (χ1v) is 10.4. The summed E-state index contributed by atoms with van der Waals surface area (Å²) in [6.45, 7) is 2.22. The van der Waals surface area contributed by atoms with Crippen LogP contribution in [-0.2, 0) is 9.63 Å². The van der Waals surface area contributed by atoms with Crippen LogP contribution in [0.5, 0.6) is 0 Å². The second-order valence-corrected chi connectivity index (χ2v) is 7.25. The third-order valence-corrected chi connectivity index (χ3v) is 5.11. The minimum Gasteiger partial charge on any atom is -0.274 e. The van der Waals surface area contributed by atoms with Crippen molar-refractivity contribution in [2.75, 3.05) is 12.4 Å². The lowest BCUT2D eigenvalue weighted by Gasteiger charge is -2.10. The van der Waals surface area contributed by atoms with Crippen molar-refractivity contribution in [1.29, 1.82) is 0 Å². The number of hydroxylamine groups is 1. The molecule has 0 aliphatic carbocycles. The van der Waals surface area contributed by atoms with Crippen molar-refractivity contribution in [2.45, 2.75) is 24.9 Å². The smallest absolute Gasteiger partial charge is 0.269 e. The number of non-ortho nitro benzene ring substituents is 1. The van der Waals surface area contributed by atoms with Gasteiger partial charge in [-0.15, -0.1) is 10.2 Å². The fraction of sp³-hybridized carbons (Fsp3) is 0.250. The van der Waals surface area contributed by atoms with Gasteiger partial charge >= 0.3 is 0 Å². The molecule has 0 saturated heterocycles. The molecule has 2 aromatic carbocycles. The van der Waals surface area contributed by atoms with Gasteiger partial charge in [-0.1, -0.05) is 30.0 Å². The van der Waals surface area contributed by atoms with E-state index in [-0.39, 0.29) is 11.6 Å². The molecule has 3 aromatic rings. The highest BCUT2D eigenvalue weighted by atomic mass is 32.2. The first kappa shape index (κ1) is 21.5. The van der Waals surface area contributed by atoms with E-state index in [1.54, 1.807) is 19.1 Å². The second-order valence-electron chi connectivity index (χ2n) is 6.19. The summed E-state index contributed by atoms with van der Waals surface area (Å²) in [6.07, 6.45) is 1.000. The zero-order valence-electron chi connectivity index (χ0n) is 16.4. The van der Waals surface area contributed by atoms with E-state index in [1.165, 1.54) is 23.9 Å². The Kier molecular flexibility index (Phi) is 7.52. The molecule has 0 saturated carbocycles. The molecule has 0 aliphatic heterocycles. The van der Waals surface area contributed by atoms with Gasteiger partial charge in [0.05, 0.1) is 11.5 Å². The van der Waals surface area contributed by atoms with Crippen LogP contribution in [0.4, 0.5) is 5.69 Å². The largest absolute Gasteiger partial charge is 0.274 e. The standard InChI is InChI=1S/C20H21N5O4S/c1-2-29-23-18(26)9-6-14-30-20-22-21-19(24(20)16-7-4-3-5-8-16)15-10-12-17(13-11-15)25(27)28/h3-5,7-8,10-13H,2,6,9,14H2,1H3,(H,23,26). The topological polar surface area (TPSA) is 112 Å². The Morgan fingerprint density at radius 3 is 2.57 bits per heavy atom. The molecule has 0 bridgehead atoms. The van der Waals surface area contributed by atoms with Crippen molar-refractivity contribution in [1.82, 2.24) is 20.2 Å². The van der Waals surface area contributed by atoms with Crippen LogP contribution >= 0.6 is 11.8 Å². The molecule has 9 nitrogen and oxygen atoms in total. The Balaban J connectivity index is 1.79. The van der Waals surface area contributed by atoms with Gasteiger partial charge in [-0.05, 0) is 37.6 Å². The molecule has 0 radical (unpaired) electrons. The van der Waals surface area contributed by atoms with Crippen LogP contribution in [0.1, 0.15) is 19.8 Å². The summed E-state index contributed by atoms with van der Waals surface area (Å²) < 4.78 is 1.91. The molecular formula is C20H21N5O4S. The van der Waals surface area contributed by atoms with E-state index >= 15 is 0 Å². The van der Waals surface area contributed by atoms with Gasteiger partial charge in [-0.2, -0.15) is 0 Å². The maximum atomic E-state index is 11.6. The van der Waals surface area contributed by atoms with Crippen LogP contribution in [-0.4, -0.2) is 38.0 Å². The van der Waals surface area contributed by atoms with Crippen LogP contribution in [0.15, 0.2) is 59.8 Å². The number of rotatable bonds is 10. The Hall–Kier alpha value is -3.24. The predicted octanol–water partition coefficient (Wildman–Crippen LogP) is 3.78. The minimum atomic E-state index is -0.436. The highest BCUT2D eigenvalue weighted by molar-refractivity contribution is 7.99. The number of nitro groups is 1. The number of nitrogens with zero attached hydrogens (tertiary/aromatic N) is 4. The van der Waals surface area contributed by atoms with E-state index in [1.807, 2.05) is 34.9 Å². The average molecular weight is 427 g/mol. The molecule has 1 aromatic heterocycles. The number of benzene rings is 2. The SMILES string of the molecule is CCONC(=O)CCCSc1nnc(-c2ccc([N+](=O)[O-])cc2)n1-c1ccccc1. The van der Waals surface area contributed by atoms with E-state index in [0.717, 1.165) is 11.3 Å². The van der Waals surface area contributed by atoms with Gasteiger partial charge in [-0.3, -0.25) is 24.3 Å². The van der Waals surface area contributed by atoms with Gasteiger partial charge < -0.3 is 0 Å². The lowest BCUT2D eigenvalue weighted by Crippen LogP contribution is -2.23. The van der Waals surface area contributed by atoms with Crippen molar-refractivity contribution in [3.8, 4) is 17.1 Å². The van der Waals surface area contributed by atoms with Gasteiger partial charge in [0.25, 0.3) is 5.69 Å². The first-order valence-electron chi connectivity index (χ1n) is 9.39. The third-order valence-electron chi connectivity index (χ3n) is 4.09. The zero-order chi connectivity index (χ0) is 21.3. The van der Waals surface area contributed by atoms with Crippen LogP contribution < -0.4 is 5.48 Å².